The summed E-state index contributed by atoms with van der Waals surface area (Å²) in [6.45, 7) is 4.46. The summed E-state index contributed by atoms with van der Waals surface area (Å²) in [5, 5.41) is 5.69. The van der Waals surface area contributed by atoms with Crippen LogP contribution in [0, 0.1) is 0 Å². The predicted molar refractivity (Wildman–Crippen MR) is 112 cm³/mol. The Labute approximate surface area is 173 Å². The van der Waals surface area contributed by atoms with Gasteiger partial charge in [-0.25, -0.2) is 4.98 Å². The second kappa shape index (κ2) is 9.47. The van der Waals surface area contributed by atoms with Crippen molar-refractivity contribution in [3.05, 3.63) is 65.9 Å². The minimum Gasteiger partial charge on any atom is -0.494 e. The molecule has 0 spiro atoms. The van der Waals surface area contributed by atoms with E-state index in [-0.39, 0.29) is 11.8 Å². The summed E-state index contributed by atoms with van der Waals surface area (Å²) < 4.78 is 45.6. The van der Waals surface area contributed by atoms with Crippen LogP contribution in [0.15, 0.2) is 54.7 Å². The summed E-state index contributed by atoms with van der Waals surface area (Å²) in [5.74, 6) is 0.377. The Morgan fingerprint density at radius 3 is 2.13 bits per heavy atom. The molecule has 0 aliphatic rings. The molecule has 0 atom stereocenters. The monoisotopic (exact) mass is 416 g/mol. The number of nitrogens with zero attached hydrogens (tertiary/aromatic N) is 2. The predicted octanol–water partition coefficient (Wildman–Crippen LogP) is 6.33. The highest BCUT2D eigenvalue weighted by atomic mass is 19.4. The molecule has 3 aromatic rings. The molecular formula is C22H23F3N4O. The third kappa shape index (κ3) is 5.62. The Balaban J connectivity index is 1.84. The van der Waals surface area contributed by atoms with E-state index in [1.54, 1.807) is 24.3 Å². The Hall–Kier alpha value is -3.29. The molecule has 0 unspecified atom stereocenters. The lowest BCUT2D eigenvalue weighted by molar-refractivity contribution is -0.137. The van der Waals surface area contributed by atoms with Crippen molar-refractivity contribution in [1.29, 1.82) is 0 Å². The van der Waals surface area contributed by atoms with Gasteiger partial charge in [0.05, 0.1) is 6.61 Å². The highest BCUT2D eigenvalue weighted by molar-refractivity contribution is 5.63. The molecule has 0 saturated heterocycles. The van der Waals surface area contributed by atoms with E-state index in [0.717, 1.165) is 19.0 Å². The first-order valence-corrected chi connectivity index (χ1v) is 9.69. The van der Waals surface area contributed by atoms with Gasteiger partial charge in [0.25, 0.3) is 0 Å². The van der Waals surface area contributed by atoms with Crippen LogP contribution in [0.4, 0.5) is 36.3 Å². The van der Waals surface area contributed by atoms with Crippen LogP contribution in [-0.2, 0) is 12.6 Å². The third-order valence-corrected chi connectivity index (χ3v) is 4.27. The van der Waals surface area contributed by atoms with Crippen LogP contribution in [-0.4, -0.2) is 16.6 Å². The quantitative estimate of drug-likeness (QED) is 0.449. The summed E-state index contributed by atoms with van der Waals surface area (Å²) in [7, 11) is 0. The van der Waals surface area contributed by atoms with Gasteiger partial charge in [-0.2, -0.15) is 18.2 Å². The zero-order chi connectivity index (χ0) is 21.6. The molecule has 5 nitrogen and oxygen atoms in total. The first-order chi connectivity index (χ1) is 14.4. The molecule has 2 N–H and O–H groups in total. The van der Waals surface area contributed by atoms with Crippen LogP contribution in [0.1, 0.15) is 31.4 Å². The Kier molecular flexibility index (Phi) is 6.76. The Morgan fingerprint density at radius 1 is 0.900 bits per heavy atom. The number of hydrogen-bond donors (Lipinski definition) is 2. The van der Waals surface area contributed by atoms with Gasteiger partial charge in [-0.3, -0.25) is 0 Å². The van der Waals surface area contributed by atoms with Crippen molar-refractivity contribution in [3.8, 4) is 5.75 Å². The number of benzene rings is 2. The van der Waals surface area contributed by atoms with Gasteiger partial charge in [-0.05, 0) is 55.3 Å². The van der Waals surface area contributed by atoms with Gasteiger partial charge >= 0.3 is 6.18 Å². The average molecular weight is 416 g/mol. The number of anilines is 4. The molecule has 0 saturated carbocycles. The van der Waals surface area contributed by atoms with E-state index in [1.165, 1.54) is 5.56 Å². The number of aromatic nitrogens is 2. The molecule has 2 aromatic carbocycles. The van der Waals surface area contributed by atoms with Crippen molar-refractivity contribution in [1.82, 2.24) is 9.97 Å². The van der Waals surface area contributed by atoms with Crippen LogP contribution >= 0.6 is 0 Å². The van der Waals surface area contributed by atoms with Gasteiger partial charge in [0.2, 0.25) is 5.95 Å². The largest absolute Gasteiger partial charge is 0.494 e. The van der Waals surface area contributed by atoms with Crippen LogP contribution in [0.2, 0.25) is 0 Å². The molecular weight excluding hydrogens is 393 g/mol. The fraction of sp³-hybridized carbons (Fsp3) is 0.273. The third-order valence-electron chi connectivity index (χ3n) is 4.27. The van der Waals surface area contributed by atoms with Crippen LogP contribution in [0.25, 0.3) is 0 Å². The van der Waals surface area contributed by atoms with E-state index in [2.05, 4.69) is 27.5 Å². The number of nitrogens with one attached hydrogen (secondary N) is 2. The number of alkyl halides is 3. The maximum Gasteiger partial charge on any atom is 0.421 e. The number of hydrogen-bond acceptors (Lipinski definition) is 5. The maximum absolute atomic E-state index is 13.4. The standard InChI is InChI=1S/C22H23F3N4O/c1-3-5-15-6-8-17(9-7-15)28-21-26-14-19(22(23,24)25)20(29-21)27-16-10-12-18(13-11-16)30-4-2/h6-14H,3-5H2,1-2H3,(H2,26,27,28,29). The molecule has 30 heavy (non-hydrogen) atoms. The molecule has 1 aromatic heterocycles. The van der Waals surface area contributed by atoms with E-state index in [0.29, 0.717) is 23.7 Å². The lowest BCUT2D eigenvalue weighted by Gasteiger charge is -2.15. The summed E-state index contributed by atoms with van der Waals surface area (Å²) in [6, 6.07) is 14.3. The highest BCUT2D eigenvalue weighted by Gasteiger charge is 2.35. The Bertz CT molecular complexity index is 958. The average Bonchev–Trinajstić information content (AvgIpc) is 2.71. The summed E-state index contributed by atoms with van der Waals surface area (Å²) >= 11 is 0. The minimum atomic E-state index is -4.59. The van der Waals surface area contributed by atoms with Crippen molar-refractivity contribution < 1.29 is 17.9 Å². The summed E-state index contributed by atoms with van der Waals surface area (Å²) in [5.41, 5.74) is 1.40. The lowest BCUT2D eigenvalue weighted by Crippen LogP contribution is -2.12. The number of halogens is 3. The number of rotatable bonds is 8. The van der Waals surface area contributed by atoms with E-state index in [1.807, 2.05) is 31.2 Å². The molecule has 0 aliphatic carbocycles. The zero-order valence-corrected chi connectivity index (χ0v) is 16.8. The zero-order valence-electron chi connectivity index (χ0n) is 16.8. The topological polar surface area (TPSA) is 59.1 Å². The van der Waals surface area contributed by atoms with Crippen molar-refractivity contribution in [2.24, 2.45) is 0 Å². The summed E-state index contributed by atoms with van der Waals surface area (Å²) in [6.07, 6.45) is -1.81. The smallest absolute Gasteiger partial charge is 0.421 e. The lowest BCUT2D eigenvalue weighted by atomic mass is 10.1. The van der Waals surface area contributed by atoms with E-state index >= 15 is 0 Å². The van der Waals surface area contributed by atoms with Gasteiger partial charge < -0.3 is 15.4 Å². The molecule has 158 valence electrons. The van der Waals surface area contributed by atoms with Gasteiger partial charge in [0.15, 0.2) is 0 Å². The molecule has 0 radical (unpaired) electrons. The SMILES string of the molecule is CCCc1ccc(Nc2ncc(C(F)(F)F)c(Nc3ccc(OCC)cc3)n2)cc1. The maximum atomic E-state index is 13.4. The first kappa shape index (κ1) is 21.4. The first-order valence-electron chi connectivity index (χ1n) is 9.69. The second-order valence-electron chi connectivity index (χ2n) is 6.61. The normalized spacial score (nSPS) is 11.2. The van der Waals surface area contributed by atoms with Gasteiger partial charge in [-0.15, -0.1) is 0 Å². The van der Waals surface area contributed by atoms with E-state index in [9.17, 15) is 13.2 Å². The fourth-order valence-corrected chi connectivity index (χ4v) is 2.86. The van der Waals surface area contributed by atoms with Crippen LogP contribution < -0.4 is 15.4 Å². The van der Waals surface area contributed by atoms with Crippen molar-refractivity contribution in [3.63, 3.8) is 0 Å². The molecule has 0 bridgehead atoms. The van der Waals surface area contributed by atoms with Crippen LogP contribution in [0.3, 0.4) is 0 Å². The van der Waals surface area contributed by atoms with Gasteiger partial charge in [0.1, 0.15) is 17.1 Å². The number of aryl methyl sites for hydroxylation is 1. The number of ether oxygens (including phenoxy) is 1. The molecule has 1 heterocycles. The van der Waals surface area contributed by atoms with Crippen molar-refractivity contribution in [2.45, 2.75) is 32.9 Å². The molecule has 0 amide bonds. The van der Waals surface area contributed by atoms with Crippen molar-refractivity contribution >= 4 is 23.1 Å². The molecule has 0 fully saturated rings. The minimum absolute atomic E-state index is 0.0691. The highest BCUT2D eigenvalue weighted by Crippen LogP contribution is 2.35. The van der Waals surface area contributed by atoms with Crippen LogP contribution in [0.5, 0.6) is 5.75 Å². The second-order valence-corrected chi connectivity index (χ2v) is 6.61. The van der Waals surface area contributed by atoms with Gasteiger partial charge in [0, 0.05) is 17.6 Å². The fourth-order valence-electron chi connectivity index (χ4n) is 2.86. The van der Waals surface area contributed by atoms with Crippen molar-refractivity contribution in [2.75, 3.05) is 17.2 Å². The molecule has 3 rings (SSSR count). The Morgan fingerprint density at radius 2 is 1.53 bits per heavy atom. The summed E-state index contributed by atoms with van der Waals surface area (Å²) in [4.78, 5) is 7.90. The molecule has 8 heteroatoms. The van der Waals surface area contributed by atoms with Gasteiger partial charge in [-0.1, -0.05) is 25.5 Å². The molecule has 0 aliphatic heterocycles. The van der Waals surface area contributed by atoms with E-state index < -0.39 is 11.7 Å². The van der Waals surface area contributed by atoms with E-state index in [4.69, 9.17) is 4.74 Å².